The Labute approximate surface area is 98.2 Å². The van der Waals surface area contributed by atoms with Crippen LogP contribution in [0, 0.1) is 0 Å². The van der Waals surface area contributed by atoms with E-state index in [1.807, 2.05) is 5.32 Å². The van der Waals surface area contributed by atoms with Gasteiger partial charge in [-0.2, -0.15) is 0 Å². The van der Waals surface area contributed by atoms with E-state index in [9.17, 15) is 26.4 Å². The van der Waals surface area contributed by atoms with Crippen LogP contribution in [0.1, 0.15) is 0 Å². The fourth-order valence-electron chi connectivity index (χ4n) is 1.23. The third kappa shape index (κ3) is 3.66. The molecule has 2 unspecified atom stereocenters. The molecular weight excluding hydrogens is 274 g/mol. The predicted molar refractivity (Wildman–Crippen MR) is 56.4 cm³/mol. The molecule has 1 aliphatic heterocycles. The molecule has 1 amide bonds. The summed E-state index contributed by atoms with van der Waals surface area (Å²) in [4.78, 5) is 22.6. The number of nitrogens with one attached hydrogen (secondary N) is 1. The van der Waals surface area contributed by atoms with Crippen LogP contribution in [-0.4, -0.2) is 58.5 Å². The van der Waals surface area contributed by atoms with Crippen molar-refractivity contribution in [3.8, 4) is 0 Å². The fourth-order valence-corrected chi connectivity index (χ4v) is 2.79. The zero-order chi connectivity index (χ0) is 13.4. The van der Waals surface area contributed by atoms with Crippen LogP contribution in [0.2, 0.25) is 0 Å². The van der Waals surface area contributed by atoms with Crippen molar-refractivity contribution >= 4 is 31.6 Å². The van der Waals surface area contributed by atoms with Gasteiger partial charge in [-0.3, -0.25) is 4.79 Å². The molecule has 1 heterocycles. The Morgan fingerprint density at radius 2 is 1.71 bits per heavy atom. The number of ether oxygens (including phenoxy) is 1. The highest BCUT2D eigenvalue weighted by Crippen LogP contribution is 2.11. The highest BCUT2D eigenvalue weighted by molar-refractivity contribution is 7.92. The molecule has 0 bridgehead atoms. The Balaban J connectivity index is 2.89. The molecule has 0 radical (unpaired) electrons. The largest absolute Gasteiger partial charge is 0.434 e. The molecule has 17 heavy (non-hydrogen) atoms. The zero-order valence-corrected chi connectivity index (χ0v) is 10.7. The molecule has 0 aliphatic carbocycles. The Kier molecular flexibility index (Phi) is 3.48. The minimum Gasteiger partial charge on any atom is -0.434 e. The molecule has 2 atom stereocenters. The molecule has 0 saturated carbocycles. The molecule has 1 fully saturated rings. The maximum atomic E-state index is 11.3. The second-order valence-electron chi connectivity index (χ2n) is 3.75. The first kappa shape index (κ1) is 13.9. The standard InChI is InChI=1S/C7H11NO7S2/c1-16(11,12)3-4-6(10)15-7(5(9)8-4)17(2,13)14/h4,7H,3H2,1-2H3,(H,8,9). The first-order valence-corrected chi connectivity index (χ1v) is 8.39. The summed E-state index contributed by atoms with van der Waals surface area (Å²) in [7, 11) is -7.38. The van der Waals surface area contributed by atoms with Gasteiger partial charge in [0.2, 0.25) is 0 Å². The van der Waals surface area contributed by atoms with Crippen molar-refractivity contribution in [2.45, 2.75) is 11.5 Å². The maximum absolute atomic E-state index is 11.3. The summed E-state index contributed by atoms with van der Waals surface area (Å²) in [5.74, 6) is -2.75. The maximum Gasteiger partial charge on any atom is 0.331 e. The van der Waals surface area contributed by atoms with Crippen LogP contribution in [-0.2, 0) is 34.0 Å². The lowest BCUT2D eigenvalue weighted by Gasteiger charge is -2.26. The predicted octanol–water partition coefficient (Wildman–Crippen LogP) is -2.56. The summed E-state index contributed by atoms with van der Waals surface area (Å²) in [6.07, 6.45) is 1.62. The van der Waals surface area contributed by atoms with E-state index in [0.717, 1.165) is 12.5 Å². The Bertz CT molecular complexity index is 547. The van der Waals surface area contributed by atoms with Gasteiger partial charge in [0, 0.05) is 12.5 Å². The fraction of sp³-hybridized carbons (Fsp3) is 0.714. The van der Waals surface area contributed by atoms with E-state index in [1.165, 1.54) is 0 Å². The van der Waals surface area contributed by atoms with E-state index in [2.05, 4.69) is 4.74 Å². The molecule has 1 saturated heterocycles. The lowest BCUT2D eigenvalue weighted by atomic mass is 10.3. The van der Waals surface area contributed by atoms with Crippen molar-refractivity contribution in [1.29, 1.82) is 0 Å². The summed E-state index contributed by atoms with van der Waals surface area (Å²) >= 11 is 0. The summed E-state index contributed by atoms with van der Waals surface area (Å²) < 4.78 is 48.5. The average molecular weight is 285 g/mol. The molecule has 1 rings (SSSR count). The molecule has 0 spiro atoms. The van der Waals surface area contributed by atoms with Gasteiger partial charge in [0.05, 0.1) is 5.75 Å². The number of carbonyl (C=O) groups is 2. The molecule has 0 aromatic rings. The number of rotatable bonds is 3. The number of carbonyl (C=O) groups excluding carboxylic acids is 2. The van der Waals surface area contributed by atoms with Crippen LogP contribution in [0.15, 0.2) is 0 Å². The van der Waals surface area contributed by atoms with Crippen molar-refractivity contribution in [2.24, 2.45) is 0 Å². The van der Waals surface area contributed by atoms with Gasteiger partial charge >= 0.3 is 5.97 Å². The number of hydrogen-bond acceptors (Lipinski definition) is 7. The molecule has 98 valence electrons. The van der Waals surface area contributed by atoms with Crippen LogP contribution < -0.4 is 5.32 Å². The Morgan fingerprint density at radius 1 is 1.18 bits per heavy atom. The van der Waals surface area contributed by atoms with Crippen molar-refractivity contribution in [3.63, 3.8) is 0 Å². The summed E-state index contributed by atoms with van der Waals surface area (Å²) in [6.45, 7) is 0. The van der Waals surface area contributed by atoms with Gasteiger partial charge in [-0.1, -0.05) is 0 Å². The average Bonchev–Trinajstić information content (AvgIpc) is 2.06. The van der Waals surface area contributed by atoms with Gasteiger partial charge in [0.15, 0.2) is 9.84 Å². The van der Waals surface area contributed by atoms with Gasteiger partial charge in [-0.05, 0) is 0 Å². The number of esters is 1. The van der Waals surface area contributed by atoms with Crippen molar-refractivity contribution < 1.29 is 31.2 Å². The molecule has 0 aromatic heterocycles. The first-order valence-electron chi connectivity index (χ1n) is 4.38. The quantitative estimate of drug-likeness (QED) is 0.566. The number of morpholine rings is 1. The molecule has 10 heteroatoms. The molecule has 8 nitrogen and oxygen atoms in total. The molecular formula is C7H11NO7S2. The third-order valence-electron chi connectivity index (χ3n) is 1.90. The lowest BCUT2D eigenvalue weighted by molar-refractivity contribution is -0.159. The van der Waals surface area contributed by atoms with Gasteiger partial charge in [0.1, 0.15) is 15.9 Å². The Morgan fingerprint density at radius 3 is 2.12 bits per heavy atom. The topological polar surface area (TPSA) is 124 Å². The monoisotopic (exact) mass is 285 g/mol. The smallest absolute Gasteiger partial charge is 0.331 e. The van der Waals surface area contributed by atoms with Crippen LogP contribution in [0.3, 0.4) is 0 Å². The van der Waals surface area contributed by atoms with Gasteiger partial charge in [-0.15, -0.1) is 0 Å². The zero-order valence-electron chi connectivity index (χ0n) is 9.04. The van der Waals surface area contributed by atoms with Gasteiger partial charge < -0.3 is 10.1 Å². The highest BCUT2D eigenvalue weighted by atomic mass is 32.2. The SMILES string of the molecule is CS(=O)(=O)CC1NC(=O)C(S(C)(=O)=O)OC1=O. The van der Waals surface area contributed by atoms with E-state index in [-0.39, 0.29) is 0 Å². The van der Waals surface area contributed by atoms with Crippen LogP contribution in [0.25, 0.3) is 0 Å². The summed E-state index contributed by atoms with van der Waals surface area (Å²) in [5, 5.41) is 2.01. The van der Waals surface area contributed by atoms with Crippen molar-refractivity contribution in [2.75, 3.05) is 18.3 Å². The minimum atomic E-state index is -3.88. The van der Waals surface area contributed by atoms with E-state index in [0.29, 0.717) is 0 Å². The van der Waals surface area contributed by atoms with Crippen LogP contribution >= 0.6 is 0 Å². The number of cyclic esters (lactones) is 1. The number of hydrogen-bond donors (Lipinski definition) is 1. The summed E-state index contributed by atoms with van der Waals surface area (Å²) in [6, 6.07) is -1.37. The second kappa shape index (κ2) is 4.26. The minimum absolute atomic E-state index is 0.631. The van der Waals surface area contributed by atoms with Crippen LogP contribution in [0.4, 0.5) is 0 Å². The lowest BCUT2D eigenvalue weighted by Crippen LogP contribution is -2.58. The second-order valence-corrected chi connectivity index (χ2v) is 8.02. The summed E-state index contributed by atoms with van der Waals surface area (Å²) in [5.41, 5.74) is -1.91. The van der Waals surface area contributed by atoms with E-state index < -0.39 is 48.8 Å². The van der Waals surface area contributed by atoms with Gasteiger partial charge in [0.25, 0.3) is 11.3 Å². The van der Waals surface area contributed by atoms with Gasteiger partial charge in [-0.25, -0.2) is 21.6 Å². The molecule has 1 N–H and O–H groups in total. The third-order valence-corrected chi connectivity index (χ3v) is 3.92. The van der Waals surface area contributed by atoms with Crippen molar-refractivity contribution in [1.82, 2.24) is 5.32 Å². The Hall–Kier alpha value is -1.16. The van der Waals surface area contributed by atoms with Crippen molar-refractivity contribution in [3.05, 3.63) is 0 Å². The first-order chi connectivity index (χ1) is 7.50. The number of sulfone groups is 2. The van der Waals surface area contributed by atoms with Crippen LogP contribution in [0.5, 0.6) is 0 Å². The van der Waals surface area contributed by atoms with E-state index in [4.69, 9.17) is 0 Å². The number of amides is 1. The molecule has 0 aromatic carbocycles. The molecule has 1 aliphatic rings. The van der Waals surface area contributed by atoms with E-state index in [1.54, 1.807) is 0 Å². The highest BCUT2D eigenvalue weighted by Gasteiger charge is 2.42. The van der Waals surface area contributed by atoms with E-state index >= 15 is 0 Å². The normalized spacial score (nSPS) is 26.2.